The zero-order valence-corrected chi connectivity index (χ0v) is 18.3. The second-order valence-electron chi connectivity index (χ2n) is 8.07. The molecule has 1 unspecified atom stereocenters. The Kier molecular flexibility index (Phi) is 11.9. The summed E-state index contributed by atoms with van der Waals surface area (Å²) in [5.74, 6) is 0. The predicted octanol–water partition coefficient (Wildman–Crippen LogP) is 1.52. The van der Waals surface area contributed by atoms with Crippen LogP contribution < -0.4 is 0 Å². The molecule has 6 atom stereocenters. The Morgan fingerprint density at radius 2 is 1.38 bits per heavy atom. The van der Waals surface area contributed by atoms with Gasteiger partial charge in [-0.3, -0.25) is 4.90 Å². The molecule has 0 bridgehead atoms. The summed E-state index contributed by atoms with van der Waals surface area (Å²) < 4.78 is 28.0. The lowest BCUT2D eigenvalue weighted by Crippen LogP contribution is -2.53. The third-order valence-corrected chi connectivity index (χ3v) is 5.41. The number of nitrogens with zero attached hydrogens (tertiary/aromatic N) is 1. The van der Waals surface area contributed by atoms with Gasteiger partial charge in [-0.05, 0) is 20.3 Å². The normalized spacial score (nSPS) is 33.3. The summed E-state index contributed by atoms with van der Waals surface area (Å²) in [7, 11) is 0. The second kappa shape index (κ2) is 13.9. The monoisotopic (exact) mass is 419 g/mol. The standard InChI is InChI=1S/C21H41NO7/c1-4-5-6-7-8-10-25-11-9-22(12-20-18(23)14-26-16(2)28-20)13-21-19(24)15-27-17(3)29-21/h16-21,23-24H,4-15H2,1-3H3/t16-,17-,18-,19-,20+,21?/m1/s1. The zero-order valence-electron chi connectivity index (χ0n) is 18.3. The maximum absolute atomic E-state index is 10.2. The first-order valence-electron chi connectivity index (χ1n) is 11.2. The maximum Gasteiger partial charge on any atom is 0.155 e. The molecule has 8 nitrogen and oxygen atoms in total. The van der Waals surface area contributed by atoms with Gasteiger partial charge in [0.15, 0.2) is 12.6 Å². The van der Waals surface area contributed by atoms with Crippen LogP contribution in [0.4, 0.5) is 0 Å². The van der Waals surface area contributed by atoms with E-state index < -0.39 is 12.2 Å². The highest BCUT2D eigenvalue weighted by molar-refractivity contribution is 4.81. The first-order chi connectivity index (χ1) is 14.0. The van der Waals surface area contributed by atoms with E-state index in [0.29, 0.717) is 26.2 Å². The molecule has 2 aliphatic heterocycles. The van der Waals surface area contributed by atoms with E-state index in [9.17, 15) is 10.2 Å². The third-order valence-electron chi connectivity index (χ3n) is 5.41. The fourth-order valence-electron chi connectivity index (χ4n) is 3.63. The Balaban J connectivity index is 1.80. The third kappa shape index (κ3) is 9.57. The largest absolute Gasteiger partial charge is 0.388 e. The van der Waals surface area contributed by atoms with Gasteiger partial charge in [-0.2, -0.15) is 0 Å². The molecule has 2 rings (SSSR count). The molecule has 0 aromatic heterocycles. The van der Waals surface area contributed by atoms with Crippen LogP contribution in [0.3, 0.4) is 0 Å². The molecule has 0 aliphatic carbocycles. The summed E-state index contributed by atoms with van der Waals surface area (Å²) in [6.07, 6.45) is 3.36. The Bertz CT molecular complexity index is 400. The molecule has 2 aliphatic rings. The van der Waals surface area contributed by atoms with Crippen molar-refractivity contribution >= 4 is 0 Å². The molecule has 172 valence electrons. The molecule has 2 saturated heterocycles. The molecule has 2 fully saturated rings. The molecule has 0 saturated carbocycles. The summed E-state index contributed by atoms with van der Waals surface area (Å²) in [5, 5.41) is 20.5. The zero-order chi connectivity index (χ0) is 21.1. The number of unbranched alkanes of at least 4 members (excludes halogenated alkanes) is 4. The van der Waals surface area contributed by atoms with Crippen molar-refractivity contribution in [1.29, 1.82) is 0 Å². The average Bonchev–Trinajstić information content (AvgIpc) is 2.69. The van der Waals surface area contributed by atoms with E-state index in [2.05, 4.69) is 11.8 Å². The van der Waals surface area contributed by atoms with Gasteiger partial charge in [0, 0.05) is 26.2 Å². The van der Waals surface area contributed by atoms with E-state index in [1.807, 2.05) is 13.8 Å². The van der Waals surface area contributed by atoms with Crippen molar-refractivity contribution in [1.82, 2.24) is 4.90 Å². The Labute approximate surface area is 175 Å². The smallest absolute Gasteiger partial charge is 0.155 e. The molecular weight excluding hydrogens is 378 g/mol. The molecule has 0 radical (unpaired) electrons. The number of hydrogen-bond acceptors (Lipinski definition) is 8. The molecule has 8 heteroatoms. The first kappa shape index (κ1) is 24.9. The molecule has 2 N–H and O–H groups in total. The van der Waals surface area contributed by atoms with Crippen LogP contribution >= 0.6 is 0 Å². The van der Waals surface area contributed by atoms with Gasteiger partial charge >= 0.3 is 0 Å². The van der Waals surface area contributed by atoms with E-state index in [1.54, 1.807) is 0 Å². The van der Waals surface area contributed by atoms with Crippen molar-refractivity contribution in [3.05, 3.63) is 0 Å². The molecule has 0 amide bonds. The molecule has 2 heterocycles. The van der Waals surface area contributed by atoms with Crippen molar-refractivity contribution in [2.45, 2.75) is 89.9 Å². The molecule has 29 heavy (non-hydrogen) atoms. The minimum absolute atomic E-state index is 0.265. The molecular formula is C21H41NO7. The lowest BCUT2D eigenvalue weighted by atomic mass is 10.1. The molecule has 0 aromatic rings. The van der Waals surface area contributed by atoms with Crippen molar-refractivity contribution in [3.8, 4) is 0 Å². The average molecular weight is 420 g/mol. The van der Waals surface area contributed by atoms with Gasteiger partial charge in [-0.1, -0.05) is 32.6 Å². The van der Waals surface area contributed by atoms with Crippen LogP contribution in [0.2, 0.25) is 0 Å². The van der Waals surface area contributed by atoms with Crippen LogP contribution in [0.1, 0.15) is 52.9 Å². The van der Waals surface area contributed by atoms with E-state index >= 15 is 0 Å². The van der Waals surface area contributed by atoms with Gasteiger partial charge in [0.2, 0.25) is 0 Å². The lowest BCUT2D eigenvalue weighted by Gasteiger charge is -2.39. The summed E-state index contributed by atoms with van der Waals surface area (Å²) in [4.78, 5) is 2.13. The maximum atomic E-state index is 10.2. The number of ether oxygens (including phenoxy) is 5. The van der Waals surface area contributed by atoms with E-state index in [1.165, 1.54) is 25.7 Å². The van der Waals surface area contributed by atoms with E-state index in [-0.39, 0.29) is 38.0 Å². The van der Waals surface area contributed by atoms with Crippen LogP contribution in [0.15, 0.2) is 0 Å². The minimum Gasteiger partial charge on any atom is -0.388 e. The van der Waals surface area contributed by atoms with Gasteiger partial charge in [-0.15, -0.1) is 0 Å². The quantitative estimate of drug-likeness (QED) is 0.435. The highest BCUT2D eigenvalue weighted by Crippen LogP contribution is 2.18. The van der Waals surface area contributed by atoms with Crippen LogP contribution in [0.25, 0.3) is 0 Å². The summed E-state index contributed by atoms with van der Waals surface area (Å²) >= 11 is 0. The number of hydrogen-bond donors (Lipinski definition) is 2. The van der Waals surface area contributed by atoms with Crippen molar-refractivity contribution in [3.63, 3.8) is 0 Å². The van der Waals surface area contributed by atoms with Gasteiger partial charge in [-0.25, -0.2) is 0 Å². The minimum atomic E-state index is -0.673. The number of aliphatic hydroxyl groups excluding tert-OH is 2. The Morgan fingerprint density at radius 1 is 0.828 bits per heavy atom. The second-order valence-corrected chi connectivity index (χ2v) is 8.07. The van der Waals surface area contributed by atoms with Gasteiger partial charge in [0.25, 0.3) is 0 Å². The molecule has 0 spiro atoms. The molecule has 0 aromatic carbocycles. The first-order valence-corrected chi connectivity index (χ1v) is 11.2. The summed E-state index contributed by atoms with van der Waals surface area (Å²) in [6, 6.07) is 0. The number of aliphatic hydroxyl groups is 2. The van der Waals surface area contributed by atoms with Gasteiger partial charge in [0.05, 0.1) is 19.8 Å². The van der Waals surface area contributed by atoms with Crippen molar-refractivity contribution in [2.75, 3.05) is 46.1 Å². The fraction of sp³-hybridized carbons (Fsp3) is 1.00. The van der Waals surface area contributed by atoms with E-state index in [0.717, 1.165) is 13.0 Å². The SMILES string of the molecule is CCCCCCCOCCN(CC1O[C@H](C)OC[C@H]1O)C[C@@H]1O[C@H](C)OC[C@H]1O. The van der Waals surface area contributed by atoms with Gasteiger partial charge in [0.1, 0.15) is 24.4 Å². The van der Waals surface area contributed by atoms with Crippen LogP contribution in [-0.4, -0.2) is 98.2 Å². The highest BCUT2D eigenvalue weighted by Gasteiger charge is 2.34. The highest BCUT2D eigenvalue weighted by atomic mass is 16.7. The van der Waals surface area contributed by atoms with Crippen LogP contribution in [0.5, 0.6) is 0 Å². The van der Waals surface area contributed by atoms with Crippen LogP contribution in [0, 0.1) is 0 Å². The van der Waals surface area contributed by atoms with Crippen molar-refractivity contribution < 1.29 is 33.9 Å². The van der Waals surface area contributed by atoms with Crippen molar-refractivity contribution in [2.24, 2.45) is 0 Å². The lowest BCUT2D eigenvalue weighted by molar-refractivity contribution is -0.257. The number of rotatable bonds is 13. The van der Waals surface area contributed by atoms with Crippen LogP contribution in [-0.2, 0) is 23.7 Å². The summed E-state index contributed by atoms with van der Waals surface area (Å²) in [6.45, 7) is 9.49. The fourth-order valence-corrected chi connectivity index (χ4v) is 3.63. The Morgan fingerprint density at radius 3 is 1.93 bits per heavy atom. The Hall–Kier alpha value is -0.320. The van der Waals surface area contributed by atoms with Gasteiger partial charge < -0.3 is 33.9 Å². The predicted molar refractivity (Wildman–Crippen MR) is 109 cm³/mol. The topological polar surface area (TPSA) is 89.9 Å². The van der Waals surface area contributed by atoms with E-state index in [4.69, 9.17) is 23.7 Å². The summed E-state index contributed by atoms with van der Waals surface area (Å²) in [5.41, 5.74) is 0.